The number of fused-ring (bicyclic) bond motifs is 1. The summed E-state index contributed by atoms with van der Waals surface area (Å²) < 4.78 is 20.6. The van der Waals surface area contributed by atoms with Crippen LogP contribution in [-0.2, 0) is 0 Å². The molecule has 126 valence electrons. The number of benzene rings is 2. The number of para-hydroxylation sites is 2. The Hall–Kier alpha value is -3.15. The zero-order valence-corrected chi connectivity index (χ0v) is 13.9. The molecule has 1 atom stereocenters. The molecule has 0 saturated heterocycles. The van der Waals surface area contributed by atoms with Crippen molar-refractivity contribution in [3.05, 3.63) is 71.8 Å². The first-order valence-corrected chi connectivity index (χ1v) is 8.04. The van der Waals surface area contributed by atoms with Gasteiger partial charge in [-0.15, -0.1) is 0 Å². The number of aromatic nitrogens is 3. The van der Waals surface area contributed by atoms with Crippen molar-refractivity contribution in [2.24, 2.45) is 0 Å². The van der Waals surface area contributed by atoms with Gasteiger partial charge in [0.25, 0.3) is 6.01 Å². The molecule has 0 spiro atoms. The molecule has 0 aliphatic rings. The summed E-state index contributed by atoms with van der Waals surface area (Å²) in [5.74, 6) is -0.264. The van der Waals surface area contributed by atoms with Gasteiger partial charge in [0.2, 0.25) is 0 Å². The van der Waals surface area contributed by atoms with Crippen LogP contribution in [-0.4, -0.2) is 14.8 Å². The third-order valence-corrected chi connectivity index (χ3v) is 4.22. The van der Waals surface area contributed by atoms with Gasteiger partial charge in [0, 0.05) is 11.3 Å². The molecule has 0 aliphatic carbocycles. The van der Waals surface area contributed by atoms with Gasteiger partial charge < -0.3 is 9.73 Å². The first-order chi connectivity index (χ1) is 12.1. The number of oxazole rings is 1. The van der Waals surface area contributed by atoms with E-state index in [1.807, 2.05) is 38.1 Å². The predicted molar refractivity (Wildman–Crippen MR) is 94.3 cm³/mol. The summed E-state index contributed by atoms with van der Waals surface area (Å²) in [7, 11) is 0. The van der Waals surface area contributed by atoms with Gasteiger partial charge in [-0.2, -0.15) is 10.1 Å². The molecule has 5 nitrogen and oxygen atoms in total. The molecular weight excluding hydrogens is 319 g/mol. The van der Waals surface area contributed by atoms with Crippen molar-refractivity contribution >= 4 is 17.1 Å². The summed E-state index contributed by atoms with van der Waals surface area (Å²) in [4.78, 5) is 4.44. The molecule has 2 aromatic carbocycles. The first-order valence-electron chi connectivity index (χ1n) is 8.04. The summed E-state index contributed by atoms with van der Waals surface area (Å²) in [6, 6.07) is 14.3. The van der Waals surface area contributed by atoms with E-state index in [-0.39, 0.29) is 11.9 Å². The van der Waals surface area contributed by atoms with Crippen LogP contribution in [0, 0.1) is 12.7 Å². The van der Waals surface area contributed by atoms with Crippen molar-refractivity contribution in [1.82, 2.24) is 14.8 Å². The molecule has 0 bridgehead atoms. The highest BCUT2D eigenvalue weighted by Gasteiger charge is 2.16. The number of nitrogens with one attached hydrogen (secondary N) is 1. The average molecular weight is 336 g/mol. The Balaban J connectivity index is 1.60. The Labute approximate surface area is 144 Å². The van der Waals surface area contributed by atoms with Gasteiger partial charge in [-0.05, 0) is 50.2 Å². The predicted octanol–water partition coefficient (Wildman–Crippen LogP) is 4.63. The minimum atomic E-state index is -0.264. The fraction of sp³-hybridized carbons (Fsp3) is 0.158. The van der Waals surface area contributed by atoms with Crippen LogP contribution >= 0.6 is 0 Å². The van der Waals surface area contributed by atoms with E-state index < -0.39 is 0 Å². The smallest absolute Gasteiger partial charge is 0.296 e. The zero-order valence-electron chi connectivity index (χ0n) is 13.9. The topological polar surface area (TPSA) is 55.9 Å². The molecule has 1 unspecified atom stereocenters. The van der Waals surface area contributed by atoms with Crippen LogP contribution in [0.5, 0.6) is 0 Å². The monoisotopic (exact) mass is 336 g/mol. The van der Waals surface area contributed by atoms with E-state index in [0.29, 0.717) is 6.01 Å². The molecule has 0 fully saturated rings. The van der Waals surface area contributed by atoms with Crippen LogP contribution in [0.4, 0.5) is 10.4 Å². The van der Waals surface area contributed by atoms with Crippen LogP contribution in [0.1, 0.15) is 24.2 Å². The second-order valence-corrected chi connectivity index (χ2v) is 5.93. The summed E-state index contributed by atoms with van der Waals surface area (Å²) in [5.41, 5.74) is 4.38. The Morgan fingerprint density at radius 1 is 1.12 bits per heavy atom. The minimum Gasteiger partial charge on any atom is -0.424 e. The maximum absolute atomic E-state index is 13.1. The minimum absolute atomic E-state index is 0.0396. The lowest BCUT2D eigenvalue weighted by atomic mass is 10.1. The second-order valence-electron chi connectivity index (χ2n) is 5.93. The van der Waals surface area contributed by atoms with Gasteiger partial charge >= 0.3 is 0 Å². The molecular formula is C19H17FN4O. The molecule has 0 radical (unpaired) electrons. The SMILES string of the molecule is Cc1c(C(C)Nc2nc3ccccc3o2)cnn1-c1ccc(F)cc1. The van der Waals surface area contributed by atoms with Crippen molar-refractivity contribution in [3.63, 3.8) is 0 Å². The van der Waals surface area contributed by atoms with E-state index in [4.69, 9.17) is 4.42 Å². The summed E-state index contributed by atoms with van der Waals surface area (Å²) >= 11 is 0. The lowest BCUT2D eigenvalue weighted by molar-refractivity contribution is 0.603. The fourth-order valence-electron chi connectivity index (χ4n) is 2.89. The van der Waals surface area contributed by atoms with Gasteiger partial charge in [0.15, 0.2) is 5.58 Å². The summed E-state index contributed by atoms with van der Waals surface area (Å²) in [6.45, 7) is 4.00. The van der Waals surface area contributed by atoms with E-state index in [1.54, 1.807) is 23.0 Å². The Kier molecular flexibility index (Phi) is 3.72. The van der Waals surface area contributed by atoms with Crippen molar-refractivity contribution in [3.8, 4) is 5.69 Å². The third kappa shape index (κ3) is 2.87. The number of nitrogens with zero attached hydrogens (tertiary/aromatic N) is 3. The number of halogens is 1. The maximum Gasteiger partial charge on any atom is 0.296 e. The van der Waals surface area contributed by atoms with Gasteiger partial charge in [0.05, 0.1) is 17.9 Å². The van der Waals surface area contributed by atoms with Crippen LogP contribution in [0.25, 0.3) is 16.8 Å². The normalized spacial score (nSPS) is 12.4. The second kappa shape index (κ2) is 6.05. The fourth-order valence-corrected chi connectivity index (χ4v) is 2.89. The Morgan fingerprint density at radius 2 is 1.88 bits per heavy atom. The average Bonchev–Trinajstić information content (AvgIpc) is 3.18. The van der Waals surface area contributed by atoms with Crippen molar-refractivity contribution in [2.75, 3.05) is 5.32 Å². The van der Waals surface area contributed by atoms with Crippen LogP contribution < -0.4 is 5.32 Å². The molecule has 25 heavy (non-hydrogen) atoms. The van der Waals surface area contributed by atoms with Crippen molar-refractivity contribution < 1.29 is 8.81 Å². The molecule has 0 saturated carbocycles. The van der Waals surface area contributed by atoms with Gasteiger partial charge in [-0.1, -0.05) is 12.1 Å². The van der Waals surface area contributed by atoms with E-state index in [9.17, 15) is 4.39 Å². The zero-order chi connectivity index (χ0) is 17.4. The Morgan fingerprint density at radius 3 is 2.64 bits per heavy atom. The highest BCUT2D eigenvalue weighted by atomic mass is 19.1. The summed E-state index contributed by atoms with van der Waals surface area (Å²) in [6.07, 6.45) is 1.80. The van der Waals surface area contributed by atoms with E-state index in [2.05, 4.69) is 15.4 Å². The lowest BCUT2D eigenvalue weighted by Crippen LogP contribution is -2.08. The molecule has 0 amide bonds. The number of rotatable bonds is 4. The van der Waals surface area contributed by atoms with Gasteiger partial charge in [0.1, 0.15) is 11.3 Å². The molecule has 4 aromatic rings. The first kappa shape index (κ1) is 15.4. The highest BCUT2D eigenvalue weighted by Crippen LogP contribution is 2.25. The quantitative estimate of drug-likeness (QED) is 0.590. The maximum atomic E-state index is 13.1. The molecule has 2 heterocycles. The number of hydrogen-bond acceptors (Lipinski definition) is 4. The Bertz CT molecular complexity index is 987. The largest absolute Gasteiger partial charge is 0.424 e. The lowest BCUT2D eigenvalue weighted by Gasteiger charge is -2.12. The third-order valence-electron chi connectivity index (χ3n) is 4.22. The van der Waals surface area contributed by atoms with Gasteiger partial charge in [-0.25, -0.2) is 9.07 Å². The van der Waals surface area contributed by atoms with Crippen LogP contribution in [0.3, 0.4) is 0 Å². The van der Waals surface area contributed by atoms with Crippen LogP contribution in [0.2, 0.25) is 0 Å². The van der Waals surface area contributed by atoms with E-state index >= 15 is 0 Å². The van der Waals surface area contributed by atoms with E-state index in [1.165, 1.54) is 12.1 Å². The van der Waals surface area contributed by atoms with Gasteiger partial charge in [-0.3, -0.25) is 0 Å². The molecule has 0 aliphatic heterocycles. The van der Waals surface area contributed by atoms with Crippen molar-refractivity contribution in [2.45, 2.75) is 19.9 Å². The number of hydrogen-bond donors (Lipinski definition) is 1. The van der Waals surface area contributed by atoms with Crippen LogP contribution in [0.15, 0.2) is 59.1 Å². The molecule has 2 aromatic heterocycles. The summed E-state index contributed by atoms with van der Waals surface area (Å²) in [5, 5.41) is 7.70. The highest BCUT2D eigenvalue weighted by molar-refractivity contribution is 5.74. The standard InChI is InChI=1S/C19H17FN4O/c1-12(22-19-23-17-5-3-4-6-18(17)25-19)16-11-21-24(13(16)2)15-9-7-14(20)8-10-15/h3-12H,1-2H3,(H,22,23). The number of anilines is 1. The molecule has 6 heteroatoms. The van der Waals surface area contributed by atoms with E-state index in [0.717, 1.165) is 28.0 Å². The molecule has 1 N–H and O–H groups in total. The molecule has 4 rings (SSSR count). The van der Waals surface area contributed by atoms with Crippen molar-refractivity contribution in [1.29, 1.82) is 0 Å².